The number of ether oxygens (including phenoxy) is 3. The van der Waals surface area contributed by atoms with Crippen molar-refractivity contribution in [2.24, 2.45) is 0 Å². The van der Waals surface area contributed by atoms with Crippen molar-refractivity contribution in [2.75, 3.05) is 14.2 Å². The maximum atomic E-state index is 10.9. The molecule has 0 atom stereocenters. The first-order valence-electron chi connectivity index (χ1n) is 4.71. The lowest BCUT2D eigenvalue weighted by Crippen LogP contribution is -2.02. The molecule has 1 aromatic rings. The molecule has 18 heavy (non-hydrogen) atoms. The van der Waals surface area contributed by atoms with Crippen LogP contribution in [0.1, 0.15) is 5.56 Å². The highest BCUT2D eigenvalue weighted by Gasteiger charge is 2.20. The van der Waals surface area contributed by atoms with Gasteiger partial charge >= 0.3 is 5.43 Å². The Labute approximate surface area is 107 Å². The van der Waals surface area contributed by atoms with Crippen molar-refractivity contribution >= 4 is 22.7 Å². The van der Waals surface area contributed by atoms with E-state index in [0.717, 1.165) is 0 Å². The van der Waals surface area contributed by atoms with E-state index in [1.54, 1.807) is 0 Å². The number of hydrogen-bond acceptors (Lipinski definition) is 6. The maximum absolute atomic E-state index is 10.9. The fourth-order valence-electron chi connectivity index (χ4n) is 1.33. The van der Waals surface area contributed by atoms with Gasteiger partial charge in [-0.1, -0.05) is 0 Å². The molecule has 8 heteroatoms. The predicted molar refractivity (Wildman–Crippen MR) is 62.2 cm³/mol. The van der Waals surface area contributed by atoms with E-state index in [1.165, 1.54) is 26.4 Å². The number of carbonyl (C=O) groups is 1. The van der Waals surface area contributed by atoms with Crippen LogP contribution in [0.25, 0.3) is 0 Å². The Hall–Kier alpha value is -2.02. The summed E-state index contributed by atoms with van der Waals surface area (Å²) in [4.78, 5) is 20.8. The Kier molecular flexibility index (Phi) is 4.73. The zero-order valence-electron chi connectivity index (χ0n) is 9.64. The molecule has 0 saturated heterocycles. The third-order valence-corrected chi connectivity index (χ3v) is 2.23. The summed E-state index contributed by atoms with van der Waals surface area (Å²) >= 11 is 5.00. The predicted octanol–water partition coefficient (Wildman–Crippen LogP) is 2.49. The highest BCUT2D eigenvalue weighted by atomic mass is 35.5. The standard InChI is InChI=1S/C10H10ClNO6/c1-16-8-3-6(5-18-10(11)13)7(12(14)15)4-9(8)17-2/h3-4H,5H2,1-2H3. The lowest BCUT2D eigenvalue weighted by Gasteiger charge is -2.10. The van der Waals surface area contributed by atoms with E-state index >= 15 is 0 Å². The molecule has 98 valence electrons. The van der Waals surface area contributed by atoms with Crippen molar-refractivity contribution in [1.29, 1.82) is 0 Å². The number of halogens is 1. The van der Waals surface area contributed by atoms with Crippen LogP contribution in [0.15, 0.2) is 12.1 Å². The van der Waals surface area contributed by atoms with Gasteiger partial charge in [0.2, 0.25) is 0 Å². The van der Waals surface area contributed by atoms with Crippen LogP contribution in [-0.2, 0) is 11.3 Å². The van der Waals surface area contributed by atoms with Crippen LogP contribution in [0.4, 0.5) is 10.5 Å². The van der Waals surface area contributed by atoms with Crippen molar-refractivity contribution in [3.8, 4) is 11.5 Å². The lowest BCUT2D eigenvalue weighted by molar-refractivity contribution is -0.385. The summed E-state index contributed by atoms with van der Waals surface area (Å²) in [6.45, 7) is -0.320. The number of benzene rings is 1. The number of methoxy groups -OCH3 is 2. The minimum absolute atomic E-state index is 0.159. The lowest BCUT2D eigenvalue weighted by atomic mass is 10.1. The van der Waals surface area contributed by atoms with Crippen molar-refractivity contribution in [3.63, 3.8) is 0 Å². The molecule has 0 radical (unpaired) electrons. The van der Waals surface area contributed by atoms with Crippen LogP contribution in [0.2, 0.25) is 0 Å². The molecule has 0 heterocycles. The van der Waals surface area contributed by atoms with E-state index < -0.39 is 10.4 Å². The molecule has 0 aromatic heterocycles. The summed E-state index contributed by atoms with van der Waals surface area (Å²) in [6, 6.07) is 2.55. The van der Waals surface area contributed by atoms with Crippen LogP contribution in [0, 0.1) is 10.1 Å². The Morgan fingerprint density at radius 3 is 2.33 bits per heavy atom. The molecule has 0 aliphatic rings. The number of nitrogens with zero attached hydrogens (tertiary/aromatic N) is 1. The molecule has 0 aliphatic heterocycles. The largest absolute Gasteiger partial charge is 0.493 e. The fraction of sp³-hybridized carbons (Fsp3) is 0.300. The minimum Gasteiger partial charge on any atom is -0.493 e. The van der Waals surface area contributed by atoms with E-state index in [-0.39, 0.29) is 23.6 Å². The number of nitro groups is 1. The Morgan fingerprint density at radius 2 is 1.89 bits per heavy atom. The molecule has 0 spiro atoms. The Bertz CT molecular complexity index is 476. The number of hydrogen-bond donors (Lipinski definition) is 0. The van der Waals surface area contributed by atoms with E-state index in [1.807, 2.05) is 0 Å². The van der Waals surface area contributed by atoms with Crippen molar-refractivity contribution in [2.45, 2.75) is 6.61 Å². The van der Waals surface area contributed by atoms with E-state index in [0.29, 0.717) is 5.75 Å². The van der Waals surface area contributed by atoms with Gasteiger partial charge in [0.25, 0.3) is 5.69 Å². The van der Waals surface area contributed by atoms with Gasteiger partial charge in [0.15, 0.2) is 11.5 Å². The smallest absolute Gasteiger partial charge is 0.404 e. The first kappa shape index (κ1) is 14.0. The van der Waals surface area contributed by atoms with Gasteiger partial charge in [-0.25, -0.2) is 4.79 Å². The van der Waals surface area contributed by atoms with Gasteiger partial charge in [0, 0.05) is 11.6 Å². The van der Waals surface area contributed by atoms with Crippen molar-refractivity contribution in [3.05, 3.63) is 27.8 Å². The third kappa shape index (κ3) is 3.24. The Balaban J connectivity index is 3.20. The van der Waals surface area contributed by atoms with Gasteiger partial charge in [-0.3, -0.25) is 10.1 Å². The van der Waals surface area contributed by atoms with Crippen molar-refractivity contribution in [1.82, 2.24) is 0 Å². The van der Waals surface area contributed by atoms with Gasteiger partial charge < -0.3 is 14.2 Å². The van der Waals surface area contributed by atoms with Crippen molar-refractivity contribution < 1.29 is 23.9 Å². The minimum atomic E-state index is -1.04. The molecule has 0 fully saturated rings. The zero-order valence-corrected chi connectivity index (χ0v) is 10.4. The Morgan fingerprint density at radius 1 is 1.33 bits per heavy atom. The van der Waals surface area contributed by atoms with Gasteiger partial charge in [0.05, 0.1) is 30.8 Å². The summed E-state index contributed by atoms with van der Waals surface area (Å²) in [5.74, 6) is 0.508. The fourth-order valence-corrected chi connectivity index (χ4v) is 1.38. The second-order valence-corrected chi connectivity index (χ2v) is 3.43. The molecular formula is C10H10ClNO6. The summed E-state index contributed by atoms with van der Waals surface area (Å²) < 4.78 is 14.5. The average molecular weight is 276 g/mol. The molecule has 0 saturated carbocycles. The molecule has 1 rings (SSSR count). The molecule has 0 aliphatic carbocycles. The summed E-state index contributed by atoms with van der Waals surface area (Å²) in [5, 5.41) is 10.9. The normalized spacial score (nSPS) is 9.72. The molecule has 0 N–H and O–H groups in total. The molecule has 1 aromatic carbocycles. The average Bonchev–Trinajstić information content (AvgIpc) is 2.34. The summed E-state index contributed by atoms with van der Waals surface area (Å²) in [5.41, 5.74) is -1.13. The number of nitro benzene ring substituents is 1. The van der Waals surface area contributed by atoms with Crippen LogP contribution in [0.5, 0.6) is 11.5 Å². The first-order chi connectivity index (χ1) is 8.49. The van der Waals surface area contributed by atoms with Gasteiger partial charge in [0.1, 0.15) is 6.61 Å². The molecule has 0 amide bonds. The first-order valence-corrected chi connectivity index (χ1v) is 5.09. The highest BCUT2D eigenvalue weighted by molar-refractivity contribution is 6.61. The SMILES string of the molecule is COc1cc(COC(=O)Cl)c([N+](=O)[O-])cc1OC. The molecule has 0 bridgehead atoms. The van der Waals surface area contributed by atoms with Gasteiger partial charge in [-0.05, 0) is 6.07 Å². The highest BCUT2D eigenvalue weighted by Crippen LogP contribution is 2.34. The second-order valence-electron chi connectivity index (χ2n) is 3.12. The zero-order chi connectivity index (χ0) is 13.7. The van der Waals surface area contributed by atoms with Gasteiger partial charge in [-0.15, -0.1) is 0 Å². The third-order valence-electron chi connectivity index (χ3n) is 2.12. The van der Waals surface area contributed by atoms with E-state index in [2.05, 4.69) is 4.74 Å². The molecule has 0 unspecified atom stereocenters. The number of rotatable bonds is 5. The second kappa shape index (κ2) is 6.06. The molecule has 7 nitrogen and oxygen atoms in total. The van der Waals surface area contributed by atoms with E-state index in [9.17, 15) is 14.9 Å². The monoisotopic (exact) mass is 275 g/mol. The quantitative estimate of drug-likeness (QED) is 0.466. The van der Waals surface area contributed by atoms with Crippen LogP contribution >= 0.6 is 11.6 Å². The summed E-state index contributed by atoms with van der Waals surface area (Å²) in [6.07, 6.45) is 0. The van der Waals surface area contributed by atoms with Gasteiger partial charge in [-0.2, -0.15) is 0 Å². The van der Waals surface area contributed by atoms with Crippen LogP contribution in [0.3, 0.4) is 0 Å². The maximum Gasteiger partial charge on any atom is 0.404 e. The summed E-state index contributed by atoms with van der Waals surface area (Å²) in [7, 11) is 2.75. The number of carbonyl (C=O) groups excluding carboxylic acids is 1. The van der Waals surface area contributed by atoms with E-state index in [4.69, 9.17) is 21.1 Å². The van der Waals surface area contributed by atoms with Crippen LogP contribution in [-0.4, -0.2) is 24.6 Å². The molecular weight excluding hydrogens is 266 g/mol. The topological polar surface area (TPSA) is 87.9 Å². The van der Waals surface area contributed by atoms with Crippen LogP contribution < -0.4 is 9.47 Å².